The van der Waals surface area contributed by atoms with Crippen molar-refractivity contribution in [1.82, 2.24) is 0 Å². The summed E-state index contributed by atoms with van der Waals surface area (Å²) in [5.74, 6) is 0. The second kappa shape index (κ2) is 8.12. The van der Waals surface area contributed by atoms with E-state index < -0.39 is 20.0 Å². The molecule has 3 aromatic rings. The molecule has 0 atom stereocenters. The first-order valence-corrected chi connectivity index (χ1v) is 12.2. The minimum atomic E-state index is -3.81. The van der Waals surface area contributed by atoms with Gasteiger partial charge in [0.1, 0.15) is 0 Å². The lowest BCUT2D eigenvalue weighted by atomic mass is 10.1. The number of anilines is 2. The average Bonchev–Trinajstić information content (AvgIpc) is 2.62. The number of sulfonamides is 2. The molecule has 2 N–H and O–H groups in total. The van der Waals surface area contributed by atoms with Crippen LogP contribution in [0.5, 0.6) is 0 Å². The van der Waals surface area contributed by atoms with Crippen molar-refractivity contribution in [2.75, 3.05) is 9.44 Å². The zero-order valence-corrected chi connectivity index (χ0v) is 18.9. The summed E-state index contributed by atoms with van der Waals surface area (Å²) in [5, 5.41) is 0. The number of hydrogen-bond donors (Lipinski definition) is 2. The van der Waals surface area contributed by atoms with Crippen molar-refractivity contribution in [3.63, 3.8) is 0 Å². The van der Waals surface area contributed by atoms with Gasteiger partial charge >= 0.3 is 0 Å². The zero-order valence-electron chi connectivity index (χ0n) is 17.2. The molecule has 0 aliphatic carbocycles. The summed E-state index contributed by atoms with van der Waals surface area (Å²) in [5.41, 5.74) is 4.05. The predicted octanol–water partition coefficient (Wildman–Crippen LogP) is 4.52. The molecule has 0 saturated carbocycles. The summed E-state index contributed by atoms with van der Waals surface area (Å²) in [6.07, 6.45) is 0. The van der Waals surface area contributed by atoms with E-state index in [2.05, 4.69) is 9.44 Å². The van der Waals surface area contributed by atoms with E-state index in [1.165, 1.54) is 24.3 Å². The summed E-state index contributed by atoms with van der Waals surface area (Å²) >= 11 is 0. The van der Waals surface area contributed by atoms with Crippen molar-refractivity contribution in [2.45, 2.75) is 37.5 Å². The highest BCUT2D eigenvalue weighted by atomic mass is 32.2. The molecular weight excluding hydrogens is 420 g/mol. The van der Waals surface area contributed by atoms with Gasteiger partial charge in [0, 0.05) is 11.4 Å². The third kappa shape index (κ3) is 4.83. The Morgan fingerprint density at radius 1 is 0.567 bits per heavy atom. The van der Waals surface area contributed by atoms with Gasteiger partial charge in [0.25, 0.3) is 20.0 Å². The summed E-state index contributed by atoms with van der Waals surface area (Å²) in [7, 11) is -7.59. The molecule has 6 nitrogen and oxygen atoms in total. The van der Waals surface area contributed by atoms with Gasteiger partial charge < -0.3 is 0 Å². The van der Waals surface area contributed by atoms with Crippen LogP contribution in [0.25, 0.3) is 0 Å². The van der Waals surface area contributed by atoms with Gasteiger partial charge in [0.15, 0.2) is 0 Å². The molecule has 3 aromatic carbocycles. The molecule has 158 valence electrons. The number of nitrogens with one attached hydrogen (secondary N) is 2. The van der Waals surface area contributed by atoms with Crippen LogP contribution in [0.15, 0.2) is 70.5 Å². The van der Waals surface area contributed by atoms with Crippen molar-refractivity contribution in [3.05, 3.63) is 82.9 Å². The molecule has 0 amide bonds. The molecule has 0 fully saturated rings. The molecule has 0 bridgehead atoms. The maximum atomic E-state index is 12.9. The lowest BCUT2D eigenvalue weighted by Gasteiger charge is -2.14. The van der Waals surface area contributed by atoms with Gasteiger partial charge in [-0.2, -0.15) is 0 Å². The Balaban J connectivity index is 1.83. The van der Waals surface area contributed by atoms with E-state index in [4.69, 9.17) is 0 Å². The van der Waals surface area contributed by atoms with E-state index in [-0.39, 0.29) is 15.5 Å². The predicted molar refractivity (Wildman–Crippen MR) is 120 cm³/mol. The Hall–Kier alpha value is -2.84. The first-order chi connectivity index (χ1) is 14.0. The molecule has 0 aliphatic rings. The van der Waals surface area contributed by atoms with Crippen LogP contribution < -0.4 is 9.44 Å². The van der Waals surface area contributed by atoms with E-state index in [1.807, 2.05) is 38.1 Å². The van der Waals surface area contributed by atoms with Crippen molar-refractivity contribution in [1.29, 1.82) is 0 Å². The number of hydrogen-bond acceptors (Lipinski definition) is 4. The van der Waals surface area contributed by atoms with Gasteiger partial charge in [-0.3, -0.25) is 9.44 Å². The maximum Gasteiger partial charge on any atom is 0.262 e. The molecule has 3 rings (SSSR count). The van der Waals surface area contributed by atoms with E-state index in [0.29, 0.717) is 16.8 Å². The lowest BCUT2D eigenvalue weighted by Crippen LogP contribution is -2.16. The standard InChI is InChI=1S/C22H24N2O4S2/c1-15-5-7-19(8-6-15)23-29(25,26)21-11-9-20(10-12-21)24-30(27,28)22-17(3)13-16(2)14-18(22)4/h5-14,23-24H,1-4H3. The largest absolute Gasteiger partial charge is 0.280 e. The maximum absolute atomic E-state index is 12.9. The molecular formula is C22H24N2O4S2. The van der Waals surface area contributed by atoms with Crippen LogP contribution in [0.4, 0.5) is 11.4 Å². The average molecular weight is 445 g/mol. The van der Waals surface area contributed by atoms with Crippen molar-refractivity contribution in [2.24, 2.45) is 0 Å². The van der Waals surface area contributed by atoms with Gasteiger partial charge in [-0.25, -0.2) is 16.8 Å². The monoisotopic (exact) mass is 444 g/mol. The Kier molecular flexibility index (Phi) is 5.92. The van der Waals surface area contributed by atoms with Gasteiger partial charge in [-0.1, -0.05) is 35.4 Å². The molecule has 0 radical (unpaired) electrons. The fraction of sp³-hybridized carbons (Fsp3) is 0.182. The fourth-order valence-electron chi connectivity index (χ4n) is 3.33. The number of aryl methyl sites for hydroxylation is 4. The Labute approximate surface area is 178 Å². The molecule has 8 heteroatoms. The molecule has 0 saturated heterocycles. The first-order valence-electron chi connectivity index (χ1n) is 9.28. The van der Waals surface area contributed by atoms with E-state index >= 15 is 0 Å². The second-order valence-corrected chi connectivity index (χ2v) is 10.6. The first kappa shape index (κ1) is 21.9. The molecule has 0 heterocycles. The van der Waals surface area contributed by atoms with Crippen LogP contribution in [-0.4, -0.2) is 16.8 Å². The van der Waals surface area contributed by atoms with Crippen molar-refractivity contribution in [3.8, 4) is 0 Å². The van der Waals surface area contributed by atoms with Crippen LogP contribution in [0.2, 0.25) is 0 Å². The normalized spacial score (nSPS) is 11.9. The molecule has 30 heavy (non-hydrogen) atoms. The third-order valence-corrected chi connectivity index (χ3v) is 7.68. The molecule has 0 unspecified atom stereocenters. The summed E-state index contributed by atoms with van der Waals surface area (Å²) in [6.45, 7) is 7.33. The summed E-state index contributed by atoms with van der Waals surface area (Å²) in [6, 6.07) is 16.2. The summed E-state index contributed by atoms with van der Waals surface area (Å²) in [4.78, 5) is 0.263. The molecule has 0 spiro atoms. The van der Waals surface area contributed by atoms with Crippen molar-refractivity contribution >= 4 is 31.4 Å². The lowest BCUT2D eigenvalue weighted by molar-refractivity contribution is 0.599. The summed E-state index contributed by atoms with van der Waals surface area (Å²) < 4.78 is 55.9. The smallest absolute Gasteiger partial charge is 0.262 e. The molecule has 0 aliphatic heterocycles. The highest BCUT2D eigenvalue weighted by Gasteiger charge is 2.21. The van der Waals surface area contributed by atoms with Gasteiger partial charge in [0.05, 0.1) is 9.79 Å². The SMILES string of the molecule is Cc1ccc(NS(=O)(=O)c2ccc(NS(=O)(=O)c3c(C)cc(C)cc3C)cc2)cc1. The highest BCUT2D eigenvalue weighted by Crippen LogP contribution is 2.25. The van der Waals surface area contributed by atoms with Crippen LogP contribution in [0.3, 0.4) is 0 Å². The quantitative estimate of drug-likeness (QED) is 0.585. The Morgan fingerprint density at radius 3 is 1.50 bits per heavy atom. The zero-order chi connectivity index (χ0) is 22.1. The van der Waals surface area contributed by atoms with Crippen LogP contribution in [0, 0.1) is 27.7 Å². The number of benzene rings is 3. The topological polar surface area (TPSA) is 92.3 Å². The fourth-order valence-corrected chi connectivity index (χ4v) is 5.91. The van der Waals surface area contributed by atoms with Gasteiger partial charge in [0.2, 0.25) is 0 Å². The minimum Gasteiger partial charge on any atom is -0.280 e. The molecule has 0 aromatic heterocycles. The van der Waals surface area contributed by atoms with Gasteiger partial charge in [-0.05, 0) is 75.2 Å². The van der Waals surface area contributed by atoms with E-state index in [1.54, 1.807) is 26.0 Å². The van der Waals surface area contributed by atoms with E-state index in [9.17, 15) is 16.8 Å². The Morgan fingerprint density at radius 2 is 1.00 bits per heavy atom. The highest BCUT2D eigenvalue weighted by molar-refractivity contribution is 7.93. The van der Waals surface area contributed by atoms with Crippen molar-refractivity contribution < 1.29 is 16.8 Å². The van der Waals surface area contributed by atoms with Crippen LogP contribution in [-0.2, 0) is 20.0 Å². The minimum absolute atomic E-state index is 0.0359. The third-order valence-electron chi connectivity index (χ3n) is 4.59. The number of rotatable bonds is 6. The van der Waals surface area contributed by atoms with Crippen LogP contribution >= 0.6 is 0 Å². The van der Waals surface area contributed by atoms with E-state index in [0.717, 1.165) is 11.1 Å². The Bertz CT molecular complexity index is 1260. The van der Waals surface area contributed by atoms with Gasteiger partial charge in [-0.15, -0.1) is 0 Å². The second-order valence-electron chi connectivity index (χ2n) is 7.33. The van der Waals surface area contributed by atoms with Crippen LogP contribution in [0.1, 0.15) is 22.3 Å².